The topological polar surface area (TPSA) is 47.1 Å². The summed E-state index contributed by atoms with van der Waals surface area (Å²) >= 11 is 2.04. The van der Waals surface area contributed by atoms with E-state index in [9.17, 15) is 0 Å². The molecule has 0 radical (unpaired) electrons. The maximum absolute atomic E-state index is 6.00. The fraction of sp³-hybridized carbons (Fsp3) is 0.769. The third-order valence-electron chi connectivity index (χ3n) is 3.53. The van der Waals surface area contributed by atoms with E-state index in [4.69, 9.17) is 5.73 Å². The molecular weight excluding hydrogens is 244 g/mol. The van der Waals surface area contributed by atoms with Gasteiger partial charge in [-0.1, -0.05) is 6.92 Å². The fourth-order valence-electron chi connectivity index (χ4n) is 2.57. The van der Waals surface area contributed by atoms with Crippen LogP contribution in [0, 0.1) is 0 Å². The lowest BCUT2D eigenvalue weighted by Gasteiger charge is -2.38. The van der Waals surface area contributed by atoms with Crippen LogP contribution < -0.4 is 5.73 Å². The highest BCUT2D eigenvalue weighted by Crippen LogP contribution is 2.26. The van der Waals surface area contributed by atoms with Crippen LogP contribution in [0.15, 0.2) is 12.4 Å². The molecule has 0 bridgehead atoms. The standard InChI is InChI=1S/C13H24N4S/c1-3-4-16-9-12(8-15-16)13(7-14)17-5-6-18-10-11(17)2/h8-9,11,13H,3-7,10,14H2,1-2H3. The number of nitrogens with two attached hydrogens (primary N) is 1. The van der Waals surface area contributed by atoms with Crippen LogP contribution in [-0.4, -0.2) is 45.3 Å². The number of aromatic nitrogens is 2. The van der Waals surface area contributed by atoms with Crippen molar-refractivity contribution in [1.82, 2.24) is 14.7 Å². The summed E-state index contributed by atoms with van der Waals surface area (Å²) in [4.78, 5) is 2.53. The van der Waals surface area contributed by atoms with Gasteiger partial charge in [0.2, 0.25) is 0 Å². The zero-order valence-corrected chi connectivity index (χ0v) is 12.2. The van der Waals surface area contributed by atoms with E-state index < -0.39 is 0 Å². The summed E-state index contributed by atoms with van der Waals surface area (Å²) < 4.78 is 2.03. The van der Waals surface area contributed by atoms with Crippen molar-refractivity contribution in [2.24, 2.45) is 5.73 Å². The average molecular weight is 268 g/mol. The van der Waals surface area contributed by atoms with Gasteiger partial charge in [0.1, 0.15) is 0 Å². The number of thioether (sulfide) groups is 1. The van der Waals surface area contributed by atoms with Crippen LogP contribution in [0.1, 0.15) is 31.9 Å². The maximum Gasteiger partial charge on any atom is 0.0538 e. The Morgan fingerprint density at radius 3 is 3.11 bits per heavy atom. The summed E-state index contributed by atoms with van der Waals surface area (Å²) in [5.74, 6) is 2.42. The van der Waals surface area contributed by atoms with Gasteiger partial charge in [0.05, 0.1) is 12.2 Å². The first kappa shape index (κ1) is 13.9. The van der Waals surface area contributed by atoms with Crippen LogP contribution in [0.25, 0.3) is 0 Å². The lowest BCUT2D eigenvalue weighted by atomic mass is 10.1. The molecule has 2 rings (SSSR count). The molecule has 1 aliphatic heterocycles. The smallest absolute Gasteiger partial charge is 0.0538 e. The van der Waals surface area contributed by atoms with Crippen molar-refractivity contribution in [3.63, 3.8) is 0 Å². The number of nitrogens with zero attached hydrogens (tertiary/aromatic N) is 3. The van der Waals surface area contributed by atoms with Crippen LogP contribution in [-0.2, 0) is 6.54 Å². The Kier molecular flexibility index (Phi) is 5.09. The van der Waals surface area contributed by atoms with Gasteiger partial charge in [-0.05, 0) is 13.3 Å². The van der Waals surface area contributed by atoms with Crippen molar-refractivity contribution < 1.29 is 0 Å². The second kappa shape index (κ2) is 6.59. The van der Waals surface area contributed by atoms with Crippen molar-refractivity contribution in [3.8, 4) is 0 Å². The molecule has 0 aliphatic carbocycles. The molecule has 1 saturated heterocycles. The lowest BCUT2D eigenvalue weighted by molar-refractivity contribution is 0.166. The Bertz CT molecular complexity index is 366. The molecule has 1 fully saturated rings. The van der Waals surface area contributed by atoms with E-state index in [-0.39, 0.29) is 0 Å². The second-order valence-corrected chi connectivity index (χ2v) is 6.10. The highest BCUT2D eigenvalue weighted by atomic mass is 32.2. The number of hydrogen-bond acceptors (Lipinski definition) is 4. The first-order valence-electron chi connectivity index (χ1n) is 6.82. The Balaban J connectivity index is 2.10. The second-order valence-electron chi connectivity index (χ2n) is 4.95. The van der Waals surface area contributed by atoms with Crippen LogP contribution in [0.3, 0.4) is 0 Å². The normalized spacial score (nSPS) is 23.2. The van der Waals surface area contributed by atoms with Crippen LogP contribution >= 0.6 is 11.8 Å². The Morgan fingerprint density at radius 2 is 2.44 bits per heavy atom. The molecule has 0 aromatic carbocycles. The SMILES string of the molecule is CCCn1cc(C(CN)N2CCSCC2C)cn1. The third-order valence-corrected chi connectivity index (χ3v) is 4.72. The molecule has 0 spiro atoms. The minimum absolute atomic E-state index is 0.325. The molecule has 0 amide bonds. The molecule has 2 unspecified atom stereocenters. The predicted octanol–water partition coefficient (Wildman–Crippen LogP) is 1.73. The molecule has 4 nitrogen and oxygen atoms in total. The fourth-order valence-corrected chi connectivity index (χ4v) is 3.61. The van der Waals surface area contributed by atoms with Gasteiger partial charge >= 0.3 is 0 Å². The molecule has 2 atom stereocenters. The van der Waals surface area contributed by atoms with Crippen molar-refractivity contribution in [2.45, 2.75) is 38.9 Å². The van der Waals surface area contributed by atoms with E-state index in [1.807, 2.05) is 22.6 Å². The number of aryl methyl sites for hydroxylation is 1. The van der Waals surface area contributed by atoms with E-state index in [0.29, 0.717) is 18.6 Å². The summed E-state index contributed by atoms with van der Waals surface area (Å²) in [5, 5.41) is 4.42. The van der Waals surface area contributed by atoms with Crippen molar-refractivity contribution in [1.29, 1.82) is 0 Å². The van der Waals surface area contributed by atoms with Gasteiger partial charge in [-0.15, -0.1) is 0 Å². The van der Waals surface area contributed by atoms with Gasteiger partial charge in [0, 0.05) is 48.9 Å². The first-order chi connectivity index (χ1) is 8.76. The van der Waals surface area contributed by atoms with Crippen molar-refractivity contribution in [3.05, 3.63) is 18.0 Å². The Morgan fingerprint density at radius 1 is 1.61 bits per heavy atom. The van der Waals surface area contributed by atoms with E-state index in [0.717, 1.165) is 19.5 Å². The summed E-state index contributed by atoms with van der Waals surface area (Å²) in [6.45, 7) is 7.26. The molecular formula is C13H24N4S. The highest BCUT2D eigenvalue weighted by Gasteiger charge is 2.27. The number of rotatable bonds is 5. The van der Waals surface area contributed by atoms with Crippen LogP contribution in [0.5, 0.6) is 0 Å². The third kappa shape index (κ3) is 3.08. The van der Waals surface area contributed by atoms with E-state index in [2.05, 4.69) is 30.0 Å². The quantitative estimate of drug-likeness (QED) is 0.883. The zero-order valence-electron chi connectivity index (χ0n) is 11.4. The monoisotopic (exact) mass is 268 g/mol. The summed E-state index contributed by atoms with van der Waals surface area (Å²) in [6.07, 6.45) is 5.27. The van der Waals surface area contributed by atoms with Gasteiger partial charge in [-0.25, -0.2) is 0 Å². The maximum atomic E-state index is 6.00. The predicted molar refractivity (Wildman–Crippen MR) is 77.8 cm³/mol. The van der Waals surface area contributed by atoms with Crippen molar-refractivity contribution in [2.75, 3.05) is 24.6 Å². The van der Waals surface area contributed by atoms with E-state index in [1.54, 1.807) is 0 Å². The van der Waals surface area contributed by atoms with Gasteiger partial charge < -0.3 is 5.73 Å². The number of hydrogen-bond donors (Lipinski definition) is 1. The van der Waals surface area contributed by atoms with Crippen molar-refractivity contribution >= 4 is 11.8 Å². The minimum atomic E-state index is 0.325. The molecule has 102 valence electrons. The minimum Gasteiger partial charge on any atom is -0.329 e. The summed E-state index contributed by atoms with van der Waals surface area (Å²) in [6, 6.07) is 0.929. The molecule has 1 aromatic rings. The van der Waals surface area contributed by atoms with Gasteiger partial charge in [0.25, 0.3) is 0 Å². The summed E-state index contributed by atoms with van der Waals surface area (Å²) in [7, 11) is 0. The van der Waals surface area contributed by atoms with Gasteiger partial charge in [0.15, 0.2) is 0 Å². The molecule has 1 aromatic heterocycles. The molecule has 2 N–H and O–H groups in total. The molecule has 2 heterocycles. The lowest BCUT2D eigenvalue weighted by Crippen LogP contribution is -2.45. The average Bonchev–Trinajstić information content (AvgIpc) is 2.82. The zero-order chi connectivity index (χ0) is 13.0. The van der Waals surface area contributed by atoms with Crippen LogP contribution in [0.4, 0.5) is 0 Å². The van der Waals surface area contributed by atoms with Crippen LogP contribution in [0.2, 0.25) is 0 Å². The highest BCUT2D eigenvalue weighted by molar-refractivity contribution is 7.99. The molecule has 18 heavy (non-hydrogen) atoms. The van der Waals surface area contributed by atoms with Gasteiger partial charge in [-0.2, -0.15) is 16.9 Å². The Hall–Kier alpha value is -0.520. The molecule has 1 aliphatic rings. The van der Waals surface area contributed by atoms with Gasteiger partial charge in [-0.3, -0.25) is 9.58 Å². The van der Waals surface area contributed by atoms with E-state index >= 15 is 0 Å². The van der Waals surface area contributed by atoms with E-state index in [1.165, 1.54) is 17.1 Å². The Labute approximate surface area is 114 Å². The summed E-state index contributed by atoms with van der Waals surface area (Å²) in [5.41, 5.74) is 7.26. The largest absolute Gasteiger partial charge is 0.329 e. The molecule has 5 heteroatoms. The molecule has 0 saturated carbocycles. The first-order valence-corrected chi connectivity index (χ1v) is 7.97.